The van der Waals surface area contributed by atoms with Gasteiger partial charge in [-0.1, -0.05) is 60.7 Å². The molecule has 2 aliphatic rings. The molecule has 2 aromatic carbocycles. The summed E-state index contributed by atoms with van der Waals surface area (Å²) in [5, 5.41) is 5.69. The fraction of sp³-hybridized carbons (Fsp3) is 0.531. The number of amides is 3. The Hall–Kier alpha value is -3.41. The van der Waals surface area contributed by atoms with Crippen molar-refractivity contribution in [2.45, 2.75) is 83.2 Å². The van der Waals surface area contributed by atoms with E-state index in [2.05, 4.69) is 22.8 Å². The molecule has 2 saturated heterocycles. The van der Waals surface area contributed by atoms with Gasteiger partial charge in [0.2, 0.25) is 11.8 Å². The van der Waals surface area contributed by atoms with E-state index in [-0.39, 0.29) is 18.9 Å². The Balaban J connectivity index is 1.47. The number of hydrogen-bond acceptors (Lipinski definition) is 7. The summed E-state index contributed by atoms with van der Waals surface area (Å²) in [6, 6.07) is 18.2. The van der Waals surface area contributed by atoms with Gasteiger partial charge in [0, 0.05) is 13.1 Å². The maximum Gasteiger partial charge on any atom is 0.481 e. The first-order chi connectivity index (χ1) is 20.5. The van der Waals surface area contributed by atoms with Gasteiger partial charge in [-0.15, -0.1) is 0 Å². The van der Waals surface area contributed by atoms with E-state index in [1.165, 1.54) is 5.56 Å². The average Bonchev–Trinajstić information content (AvgIpc) is 3.22. The number of morpholine rings is 1. The van der Waals surface area contributed by atoms with Crippen molar-refractivity contribution in [3.8, 4) is 0 Å². The first kappa shape index (κ1) is 32.5. The smallest absolute Gasteiger partial charge is 0.445 e. The minimum atomic E-state index is -1.15. The summed E-state index contributed by atoms with van der Waals surface area (Å²) in [6.07, 6.45) is 1.15. The lowest BCUT2D eigenvalue weighted by Crippen LogP contribution is -2.56. The number of alkyl carbamates (subject to hydrolysis) is 1. The minimum absolute atomic E-state index is 0.0362. The lowest BCUT2D eigenvalue weighted by Gasteiger charge is -2.32. The molecule has 0 saturated carbocycles. The third kappa shape index (κ3) is 9.29. The maximum atomic E-state index is 13.8. The second-order valence-electron chi connectivity index (χ2n) is 12.1. The largest absolute Gasteiger partial charge is 0.481 e. The molecule has 3 amide bonds. The highest BCUT2D eigenvalue weighted by Crippen LogP contribution is 2.38. The quantitative estimate of drug-likeness (QED) is 0.361. The zero-order chi connectivity index (χ0) is 30.9. The van der Waals surface area contributed by atoms with E-state index in [9.17, 15) is 14.4 Å². The van der Waals surface area contributed by atoms with Gasteiger partial charge < -0.3 is 34.3 Å². The normalized spacial score (nSPS) is 18.9. The molecule has 11 heteroatoms. The van der Waals surface area contributed by atoms with E-state index in [1.807, 2.05) is 76.2 Å². The van der Waals surface area contributed by atoms with Gasteiger partial charge >= 0.3 is 13.2 Å². The summed E-state index contributed by atoms with van der Waals surface area (Å²) >= 11 is 0. The van der Waals surface area contributed by atoms with Crippen LogP contribution in [-0.2, 0) is 41.4 Å². The Morgan fingerprint density at radius 3 is 2.07 bits per heavy atom. The number of rotatable bonds is 12. The number of carbonyl (C=O) groups is 3. The molecule has 2 fully saturated rings. The summed E-state index contributed by atoms with van der Waals surface area (Å²) in [4.78, 5) is 41.4. The molecule has 2 unspecified atom stereocenters. The van der Waals surface area contributed by atoms with Crippen LogP contribution in [-0.4, -0.2) is 79.4 Å². The Labute approximate surface area is 254 Å². The second kappa shape index (κ2) is 14.9. The molecule has 4 rings (SSSR count). The number of aryl methyl sites for hydroxylation is 1. The number of ether oxygens (including phenoxy) is 2. The van der Waals surface area contributed by atoms with Gasteiger partial charge in [0.1, 0.15) is 12.6 Å². The van der Waals surface area contributed by atoms with E-state index in [1.54, 1.807) is 4.90 Å². The molecule has 2 aromatic rings. The Bertz CT molecular complexity index is 1190. The highest BCUT2D eigenvalue weighted by molar-refractivity contribution is 6.48. The molecular weight excluding hydrogens is 549 g/mol. The SMILES string of the molecule is CC1(C)OB(C(CCCc2ccccc2)NC(=O)C(CC(=O)N2CCOCC2)NC(=O)OCc2ccccc2)OC1(C)C. The topological polar surface area (TPSA) is 115 Å². The van der Waals surface area contributed by atoms with Gasteiger partial charge in [0.15, 0.2) is 0 Å². The monoisotopic (exact) mass is 593 g/mol. The van der Waals surface area contributed by atoms with Crippen molar-refractivity contribution < 1.29 is 33.2 Å². The van der Waals surface area contributed by atoms with Gasteiger partial charge in [-0.2, -0.15) is 0 Å². The minimum Gasteiger partial charge on any atom is -0.445 e. The van der Waals surface area contributed by atoms with Crippen LogP contribution in [0.25, 0.3) is 0 Å². The predicted octanol–water partition coefficient (Wildman–Crippen LogP) is 3.67. The van der Waals surface area contributed by atoms with Gasteiger partial charge in [0.05, 0.1) is 36.8 Å². The van der Waals surface area contributed by atoms with Gasteiger partial charge in [-0.25, -0.2) is 4.79 Å². The third-order valence-corrected chi connectivity index (χ3v) is 8.31. The van der Waals surface area contributed by atoms with Crippen LogP contribution in [0.1, 0.15) is 58.1 Å². The van der Waals surface area contributed by atoms with Gasteiger partial charge in [-0.3, -0.25) is 9.59 Å². The maximum absolute atomic E-state index is 13.8. The van der Waals surface area contributed by atoms with E-state index in [0.29, 0.717) is 32.7 Å². The summed E-state index contributed by atoms with van der Waals surface area (Å²) in [5.74, 6) is -1.26. The van der Waals surface area contributed by atoms with Crippen LogP contribution in [0.3, 0.4) is 0 Å². The molecule has 43 heavy (non-hydrogen) atoms. The molecule has 2 heterocycles. The highest BCUT2D eigenvalue weighted by atomic mass is 16.7. The molecule has 0 spiro atoms. The van der Waals surface area contributed by atoms with Crippen molar-refractivity contribution in [3.05, 3.63) is 71.8 Å². The molecule has 0 bridgehead atoms. The van der Waals surface area contributed by atoms with Gasteiger partial charge in [0.25, 0.3) is 0 Å². The summed E-state index contributed by atoms with van der Waals surface area (Å²) in [6.45, 7) is 9.61. The van der Waals surface area contributed by atoms with Crippen LogP contribution in [0.15, 0.2) is 60.7 Å². The van der Waals surface area contributed by atoms with E-state index in [4.69, 9.17) is 18.8 Å². The van der Waals surface area contributed by atoms with Crippen molar-refractivity contribution in [1.29, 1.82) is 0 Å². The number of nitrogens with zero attached hydrogens (tertiary/aromatic N) is 1. The third-order valence-electron chi connectivity index (χ3n) is 8.31. The molecule has 2 atom stereocenters. The van der Waals surface area contributed by atoms with E-state index < -0.39 is 42.3 Å². The van der Waals surface area contributed by atoms with Crippen molar-refractivity contribution in [1.82, 2.24) is 15.5 Å². The second-order valence-corrected chi connectivity index (χ2v) is 12.1. The van der Waals surface area contributed by atoms with Crippen LogP contribution in [0, 0.1) is 0 Å². The highest BCUT2D eigenvalue weighted by Gasteiger charge is 2.54. The van der Waals surface area contributed by atoms with Crippen LogP contribution in [0.2, 0.25) is 0 Å². The molecule has 232 valence electrons. The number of benzene rings is 2. The summed E-state index contributed by atoms with van der Waals surface area (Å²) in [7, 11) is -0.703. The van der Waals surface area contributed by atoms with E-state index >= 15 is 0 Å². The molecule has 0 aliphatic carbocycles. The Kier molecular flexibility index (Phi) is 11.2. The van der Waals surface area contributed by atoms with Crippen LogP contribution >= 0.6 is 0 Å². The number of hydrogen-bond donors (Lipinski definition) is 2. The van der Waals surface area contributed by atoms with Gasteiger partial charge in [-0.05, 0) is 58.1 Å². The Morgan fingerprint density at radius 2 is 1.47 bits per heavy atom. The van der Waals surface area contributed by atoms with E-state index in [0.717, 1.165) is 18.4 Å². The Morgan fingerprint density at radius 1 is 0.884 bits per heavy atom. The fourth-order valence-corrected chi connectivity index (χ4v) is 5.02. The summed E-state index contributed by atoms with van der Waals surface area (Å²) < 4.78 is 23.4. The van der Waals surface area contributed by atoms with Crippen LogP contribution in [0.4, 0.5) is 4.79 Å². The van der Waals surface area contributed by atoms with Crippen molar-refractivity contribution in [2.75, 3.05) is 26.3 Å². The van der Waals surface area contributed by atoms with Crippen LogP contribution < -0.4 is 10.6 Å². The molecule has 0 aromatic heterocycles. The fourth-order valence-electron chi connectivity index (χ4n) is 5.02. The zero-order valence-corrected chi connectivity index (χ0v) is 25.7. The van der Waals surface area contributed by atoms with Crippen LogP contribution in [0.5, 0.6) is 0 Å². The predicted molar refractivity (Wildman–Crippen MR) is 163 cm³/mol. The van der Waals surface area contributed by atoms with Crippen molar-refractivity contribution >= 4 is 25.0 Å². The number of nitrogens with one attached hydrogen (secondary N) is 2. The first-order valence-electron chi connectivity index (χ1n) is 15.1. The molecule has 2 N–H and O–H groups in total. The number of carbonyl (C=O) groups excluding carboxylic acids is 3. The lowest BCUT2D eigenvalue weighted by atomic mass is 9.75. The molecule has 10 nitrogen and oxygen atoms in total. The van der Waals surface area contributed by atoms with Crippen molar-refractivity contribution in [2.24, 2.45) is 0 Å². The lowest BCUT2D eigenvalue weighted by molar-refractivity contribution is -0.138. The zero-order valence-electron chi connectivity index (χ0n) is 25.7. The summed E-state index contributed by atoms with van der Waals surface area (Å²) in [5.41, 5.74) is 0.817. The molecule has 2 aliphatic heterocycles. The molecule has 0 radical (unpaired) electrons. The standard InChI is InChI=1S/C32H44BN3O7/c1-31(2)32(3,4)43-33(42-31)27(17-11-16-24-12-7-5-8-13-24)35-29(38)26(22-28(37)36-18-20-40-21-19-36)34-30(39)41-23-25-14-9-6-10-15-25/h5-10,12-15,26-27H,11,16-23H2,1-4H3,(H,34,39)(H,35,38). The average molecular weight is 594 g/mol. The van der Waals surface area contributed by atoms with Crippen molar-refractivity contribution in [3.63, 3.8) is 0 Å². The first-order valence-corrected chi connectivity index (χ1v) is 15.1. The molecular formula is C32H44BN3O7.